The molecule has 0 radical (unpaired) electrons. The van der Waals surface area contributed by atoms with Gasteiger partial charge in [0.25, 0.3) is 0 Å². The largest absolute Gasteiger partial charge is 0.322 e. The molecule has 0 bridgehead atoms. The van der Waals surface area contributed by atoms with Crippen LogP contribution < -0.4 is 5.32 Å². The average molecular weight is 339 g/mol. The molecule has 22 heavy (non-hydrogen) atoms. The predicted octanol–water partition coefficient (Wildman–Crippen LogP) is 3.89. The number of anilines is 1. The van der Waals surface area contributed by atoms with Crippen LogP contribution in [0.4, 0.5) is 10.5 Å². The Morgan fingerprint density at radius 1 is 1.41 bits per heavy atom. The summed E-state index contributed by atoms with van der Waals surface area (Å²) in [6.45, 7) is 1.43. The molecule has 1 N–H and O–H groups in total. The fraction of sp³-hybridized carbons (Fsp3) is 0.333. The smallest absolute Gasteiger partial charge is 0.320 e. The van der Waals surface area contributed by atoms with E-state index in [1.807, 2.05) is 21.8 Å². The molecule has 7 heteroatoms. The van der Waals surface area contributed by atoms with Gasteiger partial charge in [-0.3, -0.25) is 4.68 Å². The quantitative estimate of drug-likeness (QED) is 0.922. The number of rotatable bonds is 3. The van der Waals surface area contributed by atoms with Gasteiger partial charge in [-0.15, -0.1) is 0 Å². The summed E-state index contributed by atoms with van der Waals surface area (Å²) in [5.74, 6) is 0. The van der Waals surface area contributed by atoms with Crippen molar-refractivity contribution in [2.24, 2.45) is 0 Å². The van der Waals surface area contributed by atoms with Crippen LogP contribution in [0.2, 0.25) is 10.0 Å². The van der Waals surface area contributed by atoms with Crippen molar-refractivity contribution in [1.82, 2.24) is 14.7 Å². The number of nitrogens with zero attached hydrogens (tertiary/aromatic N) is 3. The normalized spacial score (nSPS) is 17.7. The second kappa shape index (κ2) is 6.58. The first kappa shape index (κ1) is 15.2. The molecular weight excluding hydrogens is 323 g/mol. The first-order valence-corrected chi connectivity index (χ1v) is 7.89. The highest BCUT2D eigenvalue weighted by atomic mass is 35.5. The lowest BCUT2D eigenvalue weighted by Crippen LogP contribution is -2.40. The van der Waals surface area contributed by atoms with Crippen LogP contribution in [-0.2, 0) is 6.54 Å². The summed E-state index contributed by atoms with van der Waals surface area (Å²) in [6.07, 6.45) is 5.60. The third-order valence-corrected chi connectivity index (χ3v) is 4.33. The Balaban J connectivity index is 1.69. The van der Waals surface area contributed by atoms with Crippen LogP contribution in [0.15, 0.2) is 36.7 Å². The third kappa shape index (κ3) is 3.36. The molecule has 3 rings (SSSR count). The van der Waals surface area contributed by atoms with Gasteiger partial charge < -0.3 is 10.2 Å². The van der Waals surface area contributed by atoms with Crippen molar-refractivity contribution < 1.29 is 4.79 Å². The summed E-state index contributed by atoms with van der Waals surface area (Å²) < 4.78 is 1.85. The van der Waals surface area contributed by atoms with Crippen LogP contribution in [0.25, 0.3) is 0 Å². The van der Waals surface area contributed by atoms with E-state index < -0.39 is 0 Å². The van der Waals surface area contributed by atoms with E-state index in [1.165, 1.54) is 0 Å². The molecule has 0 saturated carbocycles. The molecule has 1 saturated heterocycles. The van der Waals surface area contributed by atoms with Crippen molar-refractivity contribution in [3.8, 4) is 0 Å². The van der Waals surface area contributed by atoms with E-state index in [-0.39, 0.29) is 12.1 Å². The maximum atomic E-state index is 12.5. The van der Waals surface area contributed by atoms with E-state index in [9.17, 15) is 4.79 Å². The minimum atomic E-state index is -0.154. The Bertz CT molecular complexity index is 660. The van der Waals surface area contributed by atoms with E-state index in [0.717, 1.165) is 19.4 Å². The first-order valence-electron chi connectivity index (χ1n) is 7.13. The monoisotopic (exact) mass is 338 g/mol. The van der Waals surface area contributed by atoms with Crippen molar-refractivity contribution in [2.75, 3.05) is 11.9 Å². The van der Waals surface area contributed by atoms with E-state index in [1.54, 1.807) is 24.4 Å². The summed E-state index contributed by atoms with van der Waals surface area (Å²) in [4.78, 5) is 14.3. The van der Waals surface area contributed by atoms with Gasteiger partial charge in [0, 0.05) is 24.0 Å². The lowest BCUT2D eigenvalue weighted by atomic mass is 10.2. The second-order valence-corrected chi connectivity index (χ2v) is 6.12. The van der Waals surface area contributed by atoms with Crippen LogP contribution in [-0.4, -0.2) is 33.3 Å². The number of benzene rings is 1. The van der Waals surface area contributed by atoms with Gasteiger partial charge in [0.1, 0.15) is 0 Å². The fourth-order valence-corrected chi connectivity index (χ4v) is 3.03. The van der Waals surface area contributed by atoms with Gasteiger partial charge in [0.15, 0.2) is 0 Å². The standard InChI is InChI=1S/C15H16Cl2N4O/c16-11-4-5-13(17)14(9-11)19-15(22)21-8-1-3-12(21)10-20-7-2-6-18-20/h2,4-7,9,12H,1,3,8,10H2,(H,19,22). The molecule has 1 aliphatic rings. The van der Waals surface area contributed by atoms with E-state index >= 15 is 0 Å². The van der Waals surface area contributed by atoms with Gasteiger partial charge in [-0.25, -0.2) is 4.79 Å². The highest BCUT2D eigenvalue weighted by Crippen LogP contribution is 2.27. The van der Waals surface area contributed by atoms with Crippen LogP contribution >= 0.6 is 23.2 Å². The summed E-state index contributed by atoms with van der Waals surface area (Å²) in [5, 5.41) is 8.06. The van der Waals surface area contributed by atoms with Crippen molar-refractivity contribution in [3.63, 3.8) is 0 Å². The minimum Gasteiger partial charge on any atom is -0.320 e. The topological polar surface area (TPSA) is 50.2 Å². The van der Waals surface area contributed by atoms with Gasteiger partial charge in [-0.2, -0.15) is 5.10 Å². The molecule has 0 spiro atoms. The van der Waals surface area contributed by atoms with Crippen molar-refractivity contribution in [2.45, 2.75) is 25.4 Å². The molecule has 1 atom stereocenters. The van der Waals surface area contributed by atoms with E-state index in [4.69, 9.17) is 23.2 Å². The van der Waals surface area contributed by atoms with Crippen LogP contribution in [0.1, 0.15) is 12.8 Å². The van der Waals surface area contributed by atoms with Crippen molar-refractivity contribution in [3.05, 3.63) is 46.7 Å². The number of halogens is 2. The molecule has 1 unspecified atom stereocenters. The highest BCUT2D eigenvalue weighted by molar-refractivity contribution is 6.35. The Morgan fingerprint density at radius 3 is 3.05 bits per heavy atom. The zero-order chi connectivity index (χ0) is 15.5. The van der Waals surface area contributed by atoms with Crippen molar-refractivity contribution >= 4 is 34.9 Å². The molecule has 116 valence electrons. The number of amides is 2. The average Bonchev–Trinajstić information content (AvgIpc) is 3.15. The summed E-state index contributed by atoms with van der Waals surface area (Å²) >= 11 is 12.0. The number of nitrogens with one attached hydrogen (secondary N) is 1. The van der Waals surface area contributed by atoms with Crippen LogP contribution in [0.3, 0.4) is 0 Å². The van der Waals surface area contributed by atoms with Gasteiger partial charge in [0.2, 0.25) is 0 Å². The van der Waals surface area contributed by atoms with Gasteiger partial charge in [0.05, 0.1) is 23.3 Å². The molecule has 2 amide bonds. The maximum Gasteiger partial charge on any atom is 0.322 e. The molecule has 5 nitrogen and oxygen atoms in total. The van der Waals surface area contributed by atoms with Crippen molar-refractivity contribution in [1.29, 1.82) is 0 Å². The zero-order valence-electron chi connectivity index (χ0n) is 11.9. The van der Waals surface area contributed by atoms with E-state index in [0.29, 0.717) is 22.3 Å². The number of hydrogen-bond donors (Lipinski definition) is 1. The molecule has 1 aromatic carbocycles. The number of likely N-dealkylation sites (tertiary alicyclic amines) is 1. The van der Waals surface area contributed by atoms with Gasteiger partial charge in [-0.05, 0) is 37.1 Å². The SMILES string of the molecule is O=C(Nc1cc(Cl)ccc1Cl)N1CCCC1Cn1cccn1. The Kier molecular flexibility index (Phi) is 4.55. The Morgan fingerprint density at radius 2 is 2.27 bits per heavy atom. The summed E-state index contributed by atoms with van der Waals surface area (Å²) in [7, 11) is 0. The van der Waals surface area contributed by atoms with Gasteiger partial charge >= 0.3 is 6.03 Å². The van der Waals surface area contributed by atoms with Gasteiger partial charge in [-0.1, -0.05) is 23.2 Å². The zero-order valence-corrected chi connectivity index (χ0v) is 13.4. The maximum absolute atomic E-state index is 12.5. The number of urea groups is 1. The Labute approximate surface area is 138 Å². The third-order valence-electron chi connectivity index (χ3n) is 3.77. The molecule has 2 aromatic rings. The molecule has 1 aliphatic heterocycles. The highest BCUT2D eigenvalue weighted by Gasteiger charge is 2.29. The minimum absolute atomic E-state index is 0.137. The Hall–Kier alpha value is -1.72. The molecule has 1 fully saturated rings. The second-order valence-electron chi connectivity index (χ2n) is 5.27. The van der Waals surface area contributed by atoms with Crippen LogP contribution in [0, 0.1) is 0 Å². The molecule has 2 heterocycles. The predicted molar refractivity (Wildman–Crippen MR) is 87.4 cm³/mol. The molecule has 0 aliphatic carbocycles. The summed E-state index contributed by atoms with van der Waals surface area (Å²) in [6, 6.07) is 6.88. The lowest BCUT2D eigenvalue weighted by Gasteiger charge is -2.25. The molecule has 1 aromatic heterocycles. The lowest BCUT2D eigenvalue weighted by molar-refractivity contribution is 0.199. The summed E-state index contributed by atoms with van der Waals surface area (Å²) in [5.41, 5.74) is 0.531. The fourth-order valence-electron chi connectivity index (χ4n) is 2.70. The van der Waals surface area contributed by atoms with E-state index in [2.05, 4.69) is 10.4 Å². The molecular formula is C15H16Cl2N4O. The number of carbonyl (C=O) groups excluding carboxylic acids is 1. The number of hydrogen-bond acceptors (Lipinski definition) is 2. The number of aromatic nitrogens is 2. The van der Waals surface area contributed by atoms with Crippen LogP contribution in [0.5, 0.6) is 0 Å². The number of carbonyl (C=O) groups is 1. The first-order chi connectivity index (χ1) is 10.6.